The molecule has 1 aliphatic heterocycles. The maximum absolute atomic E-state index is 15.1. The second-order valence-electron chi connectivity index (χ2n) is 6.93. The maximum Gasteiger partial charge on any atom is 0.222 e. The molecule has 1 aromatic rings. The number of hydrogen-bond acceptors (Lipinski definition) is 5. The van der Waals surface area contributed by atoms with E-state index in [-0.39, 0.29) is 17.6 Å². The van der Waals surface area contributed by atoms with Crippen molar-refractivity contribution in [2.24, 2.45) is 11.7 Å². The van der Waals surface area contributed by atoms with E-state index in [1.807, 2.05) is 16.8 Å². The molecular formula is C17H26FN5O. The van der Waals surface area contributed by atoms with Crippen LogP contribution in [0.25, 0.3) is 0 Å². The van der Waals surface area contributed by atoms with Gasteiger partial charge in [-0.3, -0.25) is 4.79 Å². The average molecular weight is 335 g/mol. The summed E-state index contributed by atoms with van der Waals surface area (Å²) in [5.41, 5.74) is 5.42. The van der Waals surface area contributed by atoms with E-state index in [0.717, 1.165) is 25.7 Å². The zero-order valence-electron chi connectivity index (χ0n) is 14.2. The first-order valence-corrected chi connectivity index (χ1v) is 8.85. The molecule has 24 heavy (non-hydrogen) atoms. The van der Waals surface area contributed by atoms with E-state index in [9.17, 15) is 4.79 Å². The molecule has 2 heterocycles. The van der Waals surface area contributed by atoms with Crippen LogP contribution >= 0.6 is 0 Å². The SMILES string of the molecule is CN(c1ncnc(N2CCCC(C(N)=O)C2)c1F)C1CCCCC1. The van der Waals surface area contributed by atoms with E-state index in [1.54, 1.807) is 0 Å². The van der Waals surface area contributed by atoms with Crippen LogP contribution < -0.4 is 15.5 Å². The number of amides is 1. The summed E-state index contributed by atoms with van der Waals surface area (Å²) >= 11 is 0. The number of piperidine rings is 1. The number of carbonyl (C=O) groups is 1. The van der Waals surface area contributed by atoms with Crippen molar-refractivity contribution in [3.8, 4) is 0 Å². The molecule has 1 unspecified atom stereocenters. The minimum Gasteiger partial charge on any atom is -0.369 e. The Hall–Kier alpha value is -1.92. The van der Waals surface area contributed by atoms with Gasteiger partial charge in [-0.1, -0.05) is 19.3 Å². The molecule has 0 spiro atoms. The number of aromatic nitrogens is 2. The normalized spacial score (nSPS) is 22.4. The Morgan fingerprint density at radius 3 is 2.71 bits per heavy atom. The predicted octanol–water partition coefficient (Wildman–Crippen LogP) is 2.09. The fourth-order valence-corrected chi connectivity index (χ4v) is 3.86. The molecule has 2 N–H and O–H groups in total. The molecule has 1 aromatic heterocycles. The second kappa shape index (κ2) is 7.32. The van der Waals surface area contributed by atoms with Crippen molar-refractivity contribution in [2.75, 3.05) is 29.9 Å². The van der Waals surface area contributed by atoms with Gasteiger partial charge in [0.15, 0.2) is 11.6 Å². The molecular weight excluding hydrogens is 309 g/mol. The number of carbonyl (C=O) groups excluding carboxylic acids is 1. The van der Waals surface area contributed by atoms with Crippen LogP contribution in [-0.4, -0.2) is 42.1 Å². The van der Waals surface area contributed by atoms with Gasteiger partial charge < -0.3 is 15.5 Å². The van der Waals surface area contributed by atoms with Crippen molar-refractivity contribution in [3.05, 3.63) is 12.1 Å². The molecule has 1 saturated heterocycles. The molecule has 7 heteroatoms. The summed E-state index contributed by atoms with van der Waals surface area (Å²) < 4.78 is 15.1. The van der Waals surface area contributed by atoms with Crippen molar-refractivity contribution in [1.82, 2.24) is 9.97 Å². The number of halogens is 1. The summed E-state index contributed by atoms with van der Waals surface area (Å²) in [5, 5.41) is 0. The van der Waals surface area contributed by atoms with Crippen molar-refractivity contribution in [3.63, 3.8) is 0 Å². The number of rotatable bonds is 4. The standard InChI is InChI=1S/C17H26FN5O/c1-22(13-7-3-2-4-8-13)16-14(18)17(21-11-20-16)23-9-5-6-12(10-23)15(19)24/h11-13H,2-10H2,1H3,(H2,19,24). The fourth-order valence-electron chi connectivity index (χ4n) is 3.86. The summed E-state index contributed by atoms with van der Waals surface area (Å²) in [7, 11) is 1.91. The quantitative estimate of drug-likeness (QED) is 0.912. The highest BCUT2D eigenvalue weighted by atomic mass is 19.1. The Kier molecular flexibility index (Phi) is 5.16. The van der Waals surface area contributed by atoms with Crippen molar-refractivity contribution in [1.29, 1.82) is 0 Å². The van der Waals surface area contributed by atoms with Crippen LogP contribution in [0.4, 0.5) is 16.0 Å². The largest absolute Gasteiger partial charge is 0.369 e. The molecule has 6 nitrogen and oxygen atoms in total. The molecule has 132 valence electrons. The molecule has 2 aliphatic rings. The lowest BCUT2D eigenvalue weighted by molar-refractivity contribution is -0.122. The van der Waals surface area contributed by atoms with E-state index in [0.29, 0.717) is 24.9 Å². The highest BCUT2D eigenvalue weighted by molar-refractivity contribution is 5.77. The zero-order valence-corrected chi connectivity index (χ0v) is 14.2. The molecule has 2 fully saturated rings. The van der Waals surface area contributed by atoms with Crippen LogP contribution in [0.5, 0.6) is 0 Å². The lowest BCUT2D eigenvalue weighted by Gasteiger charge is -2.35. The number of nitrogens with zero attached hydrogens (tertiary/aromatic N) is 4. The third kappa shape index (κ3) is 3.44. The van der Waals surface area contributed by atoms with Gasteiger partial charge in [-0.15, -0.1) is 0 Å². The van der Waals surface area contributed by atoms with Crippen molar-refractivity contribution in [2.45, 2.75) is 51.0 Å². The molecule has 1 atom stereocenters. The van der Waals surface area contributed by atoms with Gasteiger partial charge in [-0.2, -0.15) is 4.39 Å². The van der Waals surface area contributed by atoms with Gasteiger partial charge in [0.1, 0.15) is 6.33 Å². The van der Waals surface area contributed by atoms with E-state index < -0.39 is 5.82 Å². The average Bonchev–Trinajstić information content (AvgIpc) is 2.62. The van der Waals surface area contributed by atoms with Crippen LogP contribution in [0, 0.1) is 11.7 Å². The van der Waals surface area contributed by atoms with Gasteiger partial charge in [-0.05, 0) is 25.7 Å². The number of nitrogens with two attached hydrogens (primary N) is 1. The Morgan fingerprint density at radius 2 is 2.00 bits per heavy atom. The topological polar surface area (TPSA) is 75.3 Å². The fraction of sp³-hybridized carbons (Fsp3) is 0.706. The number of anilines is 2. The van der Waals surface area contributed by atoms with Gasteiger partial charge in [0.2, 0.25) is 11.7 Å². The first-order valence-electron chi connectivity index (χ1n) is 8.85. The van der Waals surface area contributed by atoms with Gasteiger partial charge in [0, 0.05) is 26.2 Å². The molecule has 0 aromatic carbocycles. The molecule has 0 bridgehead atoms. The molecule has 1 saturated carbocycles. The van der Waals surface area contributed by atoms with Gasteiger partial charge in [0.05, 0.1) is 5.92 Å². The van der Waals surface area contributed by atoms with Gasteiger partial charge >= 0.3 is 0 Å². The first-order chi connectivity index (χ1) is 11.6. The molecule has 1 aliphatic carbocycles. The maximum atomic E-state index is 15.1. The van der Waals surface area contributed by atoms with E-state index in [4.69, 9.17) is 5.73 Å². The summed E-state index contributed by atoms with van der Waals surface area (Å²) in [6.07, 6.45) is 8.75. The van der Waals surface area contributed by atoms with Crippen LogP contribution in [0.3, 0.4) is 0 Å². The lowest BCUT2D eigenvalue weighted by atomic mass is 9.94. The van der Waals surface area contributed by atoms with E-state index in [2.05, 4.69) is 9.97 Å². The second-order valence-corrected chi connectivity index (χ2v) is 6.93. The third-order valence-electron chi connectivity index (χ3n) is 5.33. The van der Waals surface area contributed by atoms with Crippen LogP contribution in [-0.2, 0) is 4.79 Å². The summed E-state index contributed by atoms with van der Waals surface area (Å²) in [6.45, 7) is 1.11. The Bertz CT molecular complexity index is 590. The zero-order chi connectivity index (χ0) is 17.1. The highest BCUT2D eigenvalue weighted by Gasteiger charge is 2.29. The molecule has 3 rings (SSSR count). The monoisotopic (exact) mass is 335 g/mol. The van der Waals surface area contributed by atoms with Crippen LogP contribution in [0.1, 0.15) is 44.9 Å². The number of hydrogen-bond donors (Lipinski definition) is 1. The van der Waals surface area contributed by atoms with Crippen molar-refractivity contribution < 1.29 is 9.18 Å². The smallest absolute Gasteiger partial charge is 0.222 e. The number of primary amides is 1. The van der Waals surface area contributed by atoms with Crippen LogP contribution in [0.2, 0.25) is 0 Å². The Labute approximate surface area is 142 Å². The van der Waals surface area contributed by atoms with Crippen LogP contribution in [0.15, 0.2) is 6.33 Å². The van der Waals surface area contributed by atoms with E-state index >= 15 is 4.39 Å². The van der Waals surface area contributed by atoms with Gasteiger partial charge in [0.25, 0.3) is 0 Å². The highest BCUT2D eigenvalue weighted by Crippen LogP contribution is 2.31. The van der Waals surface area contributed by atoms with Crippen molar-refractivity contribution >= 4 is 17.5 Å². The molecule has 0 radical (unpaired) electrons. The minimum absolute atomic E-state index is 0.243. The van der Waals surface area contributed by atoms with Gasteiger partial charge in [-0.25, -0.2) is 9.97 Å². The minimum atomic E-state index is -0.393. The summed E-state index contributed by atoms with van der Waals surface area (Å²) in [5.74, 6) is -0.321. The molecule has 1 amide bonds. The third-order valence-corrected chi connectivity index (χ3v) is 5.33. The first kappa shape index (κ1) is 16.9. The Morgan fingerprint density at radius 1 is 1.25 bits per heavy atom. The van der Waals surface area contributed by atoms with E-state index in [1.165, 1.54) is 25.6 Å². The summed E-state index contributed by atoms with van der Waals surface area (Å²) in [6, 6.07) is 0.329. The Balaban J connectivity index is 1.81. The lowest BCUT2D eigenvalue weighted by Crippen LogP contribution is -2.42. The predicted molar refractivity (Wildman–Crippen MR) is 91.4 cm³/mol. The summed E-state index contributed by atoms with van der Waals surface area (Å²) in [4.78, 5) is 23.6.